The van der Waals surface area contributed by atoms with Crippen molar-refractivity contribution in [3.63, 3.8) is 0 Å². The highest BCUT2D eigenvalue weighted by molar-refractivity contribution is 5.05. The summed E-state index contributed by atoms with van der Waals surface area (Å²) in [4.78, 5) is 0. The van der Waals surface area contributed by atoms with E-state index in [1.165, 1.54) is 18.5 Å². The standard InChI is InChI=1S/C12H20N2O/c1-14-8-2-4-11(14)10-13-7-6-12-5-3-9-15-12/h2,4,8,12-13H,3,5-7,9-10H2,1H3. The fourth-order valence-corrected chi connectivity index (χ4v) is 2.03. The lowest BCUT2D eigenvalue weighted by Gasteiger charge is -2.10. The van der Waals surface area contributed by atoms with E-state index in [4.69, 9.17) is 4.74 Å². The van der Waals surface area contributed by atoms with Crippen molar-refractivity contribution in [1.82, 2.24) is 9.88 Å². The molecule has 1 aliphatic heterocycles. The Morgan fingerprint density at radius 3 is 3.20 bits per heavy atom. The van der Waals surface area contributed by atoms with Crippen LogP contribution >= 0.6 is 0 Å². The SMILES string of the molecule is Cn1cccc1CNCCC1CCCO1. The Hall–Kier alpha value is -0.800. The largest absolute Gasteiger partial charge is 0.378 e. The van der Waals surface area contributed by atoms with Gasteiger partial charge >= 0.3 is 0 Å². The molecule has 3 heteroatoms. The van der Waals surface area contributed by atoms with Gasteiger partial charge in [-0.25, -0.2) is 0 Å². The number of nitrogens with one attached hydrogen (secondary N) is 1. The molecule has 1 saturated heterocycles. The van der Waals surface area contributed by atoms with Crippen molar-refractivity contribution in [2.45, 2.75) is 31.9 Å². The molecule has 15 heavy (non-hydrogen) atoms. The van der Waals surface area contributed by atoms with E-state index in [2.05, 4.69) is 35.3 Å². The number of nitrogens with zero attached hydrogens (tertiary/aromatic N) is 1. The minimum atomic E-state index is 0.505. The first-order valence-corrected chi connectivity index (χ1v) is 5.79. The average Bonchev–Trinajstić information content (AvgIpc) is 2.85. The first-order valence-electron chi connectivity index (χ1n) is 5.79. The summed E-state index contributed by atoms with van der Waals surface area (Å²) >= 11 is 0. The monoisotopic (exact) mass is 208 g/mol. The van der Waals surface area contributed by atoms with E-state index in [1.807, 2.05) is 0 Å². The van der Waals surface area contributed by atoms with Crippen molar-refractivity contribution < 1.29 is 4.74 Å². The van der Waals surface area contributed by atoms with Gasteiger partial charge < -0.3 is 14.6 Å². The molecule has 1 atom stereocenters. The number of ether oxygens (including phenoxy) is 1. The lowest BCUT2D eigenvalue weighted by atomic mass is 10.2. The molecule has 0 aromatic carbocycles. The smallest absolute Gasteiger partial charge is 0.0588 e. The minimum absolute atomic E-state index is 0.505. The van der Waals surface area contributed by atoms with E-state index in [9.17, 15) is 0 Å². The van der Waals surface area contributed by atoms with Gasteiger partial charge in [-0.2, -0.15) is 0 Å². The fraction of sp³-hybridized carbons (Fsp3) is 0.667. The second-order valence-electron chi connectivity index (χ2n) is 4.21. The lowest BCUT2D eigenvalue weighted by Crippen LogP contribution is -2.20. The second kappa shape index (κ2) is 5.33. The van der Waals surface area contributed by atoms with E-state index >= 15 is 0 Å². The summed E-state index contributed by atoms with van der Waals surface area (Å²) in [6, 6.07) is 4.23. The Bertz CT molecular complexity index is 290. The van der Waals surface area contributed by atoms with Crippen LogP contribution < -0.4 is 5.32 Å². The zero-order valence-corrected chi connectivity index (χ0v) is 9.41. The molecule has 1 aliphatic rings. The van der Waals surface area contributed by atoms with Crippen LogP contribution in [0.3, 0.4) is 0 Å². The topological polar surface area (TPSA) is 26.2 Å². The number of hydrogen-bond acceptors (Lipinski definition) is 2. The first-order chi connectivity index (χ1) is 7.36. The van der Waals surface area contributed by atoms with Gasteiger partial charge in [0.2, 0.25) is 0 Å². The molecule has 2 heterocycles. The van der Waals surface area contributed by atoms with Gasteiger partial charge in [0, 0.05) is 32.1 Å². The Labute approximate surface area is 91.4 Å². The molecule has 84 valence electrons. The summed E-state index contributed by atoms with van der Waals surface area (Å²) in [7, 11) is 2.08. The van der Waals surface area contributed by atoms with E-state index in [1.54, 1.807) is 0 Å². The van der Waals surface area contributed by atoms with Crippen LogP contribution in [0.25, 0.3) is 0 Å². The predicted octanol–water partition coefficient (Wildman–Crippen LogP) is 1.68. The molecule has 1 N–H and O–H groups in total. The van der Waals surface area contributed by atoms with Crippen LogP contribution in [-0.2, 0) is 18.3 Å². The summed E-state index contributed by atoms with van der Waals surface area (Å²) in [5, 5.41) is 3.45. The van der Waals surface area contributed by atoms with Crippen molar-refractivity contribution in [3.8, 4) is 0 Å². The van der Waals surface area contributed by atoms with Crippen molar-refractivity contribution in [3.05, 3.63) is 24.0 Å². The highest BCUT2D eigenvalue weighted by atomic mass is 16.5. The normalized spacial score (nSPS) is 21.0. The van der Waals surface area contributed by atoms with Crippen LogP contribution in [0.15, 0.2) is 18.3 Å². The van der Waals surface area contributed by atoms with Gasteiger partial charge in [-0.05, 0) is 37.9 Å². The van der Waals surface area contributed by atoms with Gasteiger partial charge in [-0.15, -0.1) is 0 Å². The Kier molecular flexibility index (Phi) is 3.80. The number of rotatable bonds is 5. The Morgan fingerprint density at radius 1 is 1.60 bits per heavy atom. The average molecular weight is 208 g/mol. The molecular weight excluding hydrogens is 188 g/mol. The van der Waals surface area contributed by atoms with E-state index in [-0.39, 0.29) is 0 Å². The van der Waals surface area contributed by atoms with Gasteiger partial charge in [0.1, 0.15) is 0 Å². The maximum atomic E-state index is 5.57. The second-order valence-corrected chi connectivity index (χ2v) is 4.21. The zero-order chi connectivity index (χ0) is 10.5. The molecule has 1 aromatic rings. The first kappa shape index (κ1) is 10.7. The van der Waals surface area contributed by atoms with Gasteiger partial charge in [0.05, 0.1) is 6.10 Å². The summed E-state index contributed by atoms with van der Waals surface area (Å²) in [5.41, 5.74) is 1.34. The molecule has 0 amide bonds. The quantitative estimate of drug-likeness (QED) is 0.745. The zero-order valence-electron chi connectivity index (χ0n) is 9.41. The summed E-state index contributed by atoms with van der Waals surface area (Å²) < 4.78 is 7.72. The molecular formula is C12H20N2O. The number of aryl methyl sites for hydroxylation is 1. The van der Waals surface area contributed by atoms with Gasteiger partial charge in [-0.1, -0.05) is 0 Å². The molecule has 0 spiro atoms. The molecule has 1 unspecified atom stereocenters. The predicted molar refractivity (Wildman–Crippen MR) is 60.7 cm³/mol. The van der Waals surface area contributed by atoms with Crippen LogP contribution in [-0.4, -0.2) is 23.8 Å². The van der Waals surface area contributed by atoms with Crippen molar-refractivity contribution in [2.24, 2.45) is 7.05 Å². The van der Waals surface area contributed by atoms with Crippen LogP contribution in [0, 0.1) is 0 Å². The van der Waals surface area contributed by atoms with Crippen LogP contribution in [0.2, 0.25) is 0 Å². The van der Waals surface area contributed by atoms with E-state index in [0.29, 0.717) is 6.10 Å². The minimum Gasteiger partial charge on any atom is -0.378 e. The van der Waals surface area contributed by atoms with Crippen molar-refractivity contribution in [1.29, 1.82) is 0 Å². The molecule has 3 nitrogen and oxygen atoms in total. The Morgan fingerprint density at radius 2 is 2.53 bits per heavy atom. The van der Waals surface area contributed by atoms with Crippen molar-refractivity contribution in [2.75, 3.05) is 13.2 Å². The van der Waals surface area contributed by atoms with E-state index < -0.39 is 0 Å². The maximum Gasteiger partial charge on any atom is 0.0588 e. The number of hydrogen-bond donors (Lipinski definition) is 1. The van der Waals surface area contributed by atoms with Gasteiger partial charge in [0.25, 0.3) is 0 Å². The summed E-state index contributed by atoms with van der Waals surface area (Å²) in [5.74, 6) is 0. The van der Waals surface area contributed by atoms with Gasteiger partial charge in [0.15, 0.2) is 0 Å². The van der Waals surface area contributed by atoms with Gasteiger partial charge in [-0.3, -0.25) is 0 Å². The Balaban J connectivity index is 1.60. The highest BCUT2D eigenvalue weighted by Gasteiger charge is 2.14. The highest BCUT2D eigenvalue weighted by Crippen LogP contribution is 2.14. The molecule has 0 bridgehead atoms. The third kappa shape index (κ3) is 3.08. The third-order valence-corrected chi connectivity index (χ3v) is 3.02. The van der Waals surface area contributed by atoms with E-state index in [0.717, 1.165) is 26.1 Å². The van der Waals surface area contributed by atoms with Crippen LogP contribution in [0.5, 0.6) is 0 Å². The molecule has 0 saturated carbocycles. The fourth-order valence-electron chi connectivity index (χ4n) is 2.03. The van der Waals surface area contributed by atoms with Crippen LogP contribution in [0.1, 0.15) is 25.0 Å². The third-order valence-electron chi connectivity index (χ3n) is 3.02. The summed E-state index contributed by atoms with van der Waals surface area (Å²) in [6.45, 7) is 2.97. The molecule has 2 rings (SSSR count). The molecule has 0 radical (unpaired) electrons. The molecule has 1 fully saturated rings. The van der Waals surface area contributed by atoms with Crippen LogP contribution in [0.4, 0.5) is 0 Å². The summed E-state index contributed by atoms with van der Waals surface area (Å²) in [6.07, 6.45) is 6.21. The molecule has 1 aromatic heterocycles. The lowest BCUT2D eigenvalue weighted by molar-refractivity contribution is 0.104. The molecule has 0 aliphatic carbocycles. The van der Waals surface area contributed by atoms with Crippen molar-refractivity contribution >= 4 is 0 Å². The maximum absolute atomic E-state index is 5.57. The number of aromatic nitrogens is 1.